The molecule has 10 heteroatoms. The zero-order chi connectivity index (χ0) is 29.8. The van der Waals surface area contributed by atoms with Gasteiger partial charge in [0.05, 0.1) is 32.0 Å². The van der Waals surface area contributed by atoms with Crippen molar-refractivity contribution < 1.29 is 29.3 Å². The number of hydrogen-bond donors (Lipinski definition) is 4. The van der Waals surface area contributed by atoms with E-state index in [1.165, 1.54) is 4.90 Å². The van der Waals surface area contributed by atoms with Crippen molar-refractivity contribution in [2.75, 3.05) is 32.3 Å². The van der Waals surface area contributed by atoms with Crippen molar-refractivity contribution in [2.24, 2.45) is 0 Å². The maximum absolute atomic E-state index is 13.7. The number of carbonyl (C=O) groups excluding carboxylic acids is 2. The molecule has 0 aromatic heterocycles. The summed E-state index contributed by atoms with van der Waals surface area (Å²) >= 11 is 0. The highest BCUT2D eigenvalue weighted by Gasteiger charge is 2.40. The summed E-state index contributed by atoms with van der Waals surface area (Å²) in [7, 11) is 3.11. The summed E-state index contributed by atoms with van der Waals surface area (Å²) in [6.45, 7) is 2.80. The Kier molecular flexibility index (Phi) is 8.77. The molecule has 3 aromatic rings. The molecule has 10 nitrogen and oxygen atoms in total. The summed E-state index contributed by atoms with van der Waals surface area (Å²) in [4.78, 5) is 28.2. The van der Waals surface area contributed by atoms with E-state index in [-0.39, 0.29) is 6.54 Å². The molecule has 0 spiro atoms. The molecule has 1 unspecified atom stereocenters. The lowest BCUT2D eigenvalue weighted by Gasteiger charge is -2.39. The molecular formula is C32H36N4O6. The highest BCUT2D eigenvalue weighted by atomic mass is 16.5. The molecule has 3 aromatic carbocycles. The van der Waals surface area contributed by atoms with E-state index in [9.17, 15) is 19.8 Å². The van der Waals surface area contributed by atoms with Crippen LogP contribution in [0.4, 0.5) is 5.69 Å². The number of aliphatic hydroxyl groups excluding tert-OH is 2. The van der Waals surface area contributed by atoms with Gasteiger partial charge in [0.2, 0.25) is 0 Å². The van der Waals surface area contributed by atoms with Crippen molar-refractivity contribution >= 4 is 17.5 Å². The molecule has 0 saturated heterocycles. The SMILES string of the molecule is COc1cc2c(cc1OC)C(c1ccccc1)N(C(=O)[C@H](O)[C@@H](O)C(=O)N[C@H](C)c1ccc(N3C=CCN3)cc1)CC2. The molecule has 0 aliphatic carbocycles. The zero-order valence-electron chi connectivity index (χ0n) is 23.9. The molecule has 0 fully saturated rings. The second-order valence-corrected chi connectivity index (χ2v) is 10.3. The van der Waals surface area contributed by atoms with Crippen LogP contribution in [0.5, 0.6) is 11.5 Å². The highest BCUT2D eigenvalue weighted by molar-refractivity contribution is 5.91. The number of ether oxygens (including phenoxy) is 2. The van der Waals surface area contributed by atoms with E-state index < -0.39 is 36.1 Å². The van der Waals surface area contributed by atoms with Crippen LogP contribution in [0.2, 0.25) is 0 Å². The van der Waals surface area contributed by atoms with Gasteiger partial charge >= 0.3 is 0 Å². The van der Waals surface area contributed by atoms with Gasteiger partial charge in [-0.1, -0.05) is 48.5 Å². The van der Waals surface area contributed by atoms with Crippen LogP contribution < -0.4 is 25.2 Å². The number of hydrogen-bond acceptors (Lipinski definition) is 8. The Balaban J connectivity index is 1.32. The fourth-order valence-corrected chi connectivity index (χ4v) is 5.47. The number of nitrogens with zero attached hydrogens (tertiary/aromatic N) is 2. The average Bonchev–Trinajstić information content (AvgIpc) is 3.58. The lowest BCUT2D eigenvalue weighted by molar-refractivity contribution is -0.155. The van der Waals surface area contributed by atoms with Crippen molar-refractivity contribution in [3.8, 4) is 11.5 Å². The Morgan fingerprint density at radius 2 is 1.67 bits per heavy atom. The van der Waals surface area contributed by atoms with Crippen LogP contribution in [0.15, 0.2) is 79.0 Å². The summed E-state index contributed by atoms with van der Waals surface area (Å²) in [6.07, 6.45) is 0.520. The first kappa shape index (κ1) is 29.1. The molecule has 0 saturated carbocycles. The van der Waals surface area contributed by atoms with Crippen LogP contribution in [0.25, 0.3) is 0 Å². The van der Waals surface area contributed by atoms with Gasteiger partial charge in [0.15, 0.2) is 23.7 Å². The van der Waals surface area contributed by atoms with Crippen LogP contribution in [0.3, 0.4) is 0 Å². The summed E-state index contributed by atoms with van der Waals surface area (Å²) < 4.78 is 11.0. The van der Waals surface area contributed by atoms with E-state index in [4.69, 9.17) is 9.47 Å². The Hall–Kier alpha value is -4.38. The molecule has 2 aliphatic rings. The maximum Gasteiger partial charge on any atom is 0.255 e. The molecule has 5 rings (SSSR count). The Labute approximate surface area is 245 Å². The summed E-state index contributed by atoms with van der Waals surface area (Å²) in [5.41, 5.74) is 7.57. The van der Waals surface area contributed by atoms with Crippen LogP contribution in [0, 0.1) is 0 Å². The number of carbonyl (C=O) groups is 2. The molecule has 2 aliphatic heterocycles. The summed E-state index contributed by atoms with van der Waals surface area (Å²) in [6, 6.07) is 19.7. The normalized spacial score (nSPS) is 18.2. The molecule has 2 heterocycles. The minimum atomic E-state index is -1.96. The lowest BCUT2D eigenvalue weighted by atomic mass is 9.87. The average molecular weight is 573 g/mol. The van der Waals surface area contributed by atoms with Gasteiger partial charge in [-0.15, -0.1) is 0 Å². The van der Waals surface area contributed by atoms with E-state index in [0.29, 0.717) is 17.9 Å². The van der Waals surface area contributed by atoms with Gasteiger partial charge in [0.25, 0.3) is 11.8 Å². The van der Waals surface area contributed by atoms with Crippen molar-refractivity contribution in [3.05, 3.63) is 101 Å². The quantitative estimate of drug-likeness (QED) is 0.309. The number of anilines is 1. The van der Waals surface area contributed by atoms with Gasteiger partial charge in [0.1, 0.15) is 0 Å². The van der Waals surface area contributed by atoms with E-state index in [1.54, 1.807) is 21.1 Å². The predicted molar refractivity (Wildman–Crippen MR) is 158 cm³/mol. The number of nitrogens with one attached hydrogen (secondary N) is 2. The number of hydrazine groups is 1. The van der Waals surface area contributed by atoms with Gasteiger partial charge in [0, 0.05) is 19.3 Å². The van der Waals surface area contributed by atoms with E-state index in [0.717, 1.165) is 34.5 Å². The zero-order valence-corrected chi connectivity index (χ0v) is 23.9. The van der Waals surface area contributed by atoms with Crippen LogP contribution in [0.1, 0.15) is 41.3 Å². The molecule has 42 heavy (non-hydrogen) atoms. The molecule has 2 amide bonds. The second kappa shape index (κ2) is 12.6. The van der Waals surface area contributed by atoms with Crippen LogP contribution in [-0.4, -0.2) is 66.4 Å². The van der Waals surface area contributed by atoms with Gasteiger partial charge in [-0.05, 0) is 59.9 Å². The minimum Gasteiger partial charge on any atom is -0.493 e. The predicted octanol–water partition coefficient (Wildman–Crippen LogP) is 2.62. The molecular weight excluding hydrogens is 536 g/mol. The van der Waals surface area contributed by atoms with E-state index in [1.807, 2.05) is 84.0 Å². The highest BCUT2D eigenvalue weighted by Crippen LogP contribution is 2.41. The minimum absolute atomic E-state index is 0.274. The van der Waals surface area contributed by atoms with Gasteiger partial charge in [-0.25, -0.2) is 5.43 Å². The van der Waals surface area contributed by atoms with Gasteiger partial charge in [-0.2, -0.15) is 0 Å². The number of benzene rings is 3. The maximum atomic E-state index is 13.7. The molecule has 0 radical (unpaired) electrons. The lowest BCUT2D eigenvalue weighted by Crippen LogP contribution is -2.53. The first-order valence-electron chi connectivity index (χ1n) is 13.9. The molecule has 220 valence electrons. The number of aliphatic hydroxyl groups is 2. The number of fused-ring (bicyclic) bond motifs is 1. The third kappa shape index (κ3) is 5.82. The van der Waals surface area contributed by atoms with Crippen molar-refractivity contribution in [1.82, 2.24) is 15.6 Å². The summed E-state index contributed by atoms with van der Waals surface area (Å²) in [5.74, 6) is -0.475. The standard InChI is InChI=1S/C32H36N4O6/c1-20(21-10-12-24(13-11-21)36-16-7-15-33-36)34-31(39)29(37)30(38)32(40)35-17-14-23-18-26(41-2)27(42-3)19-25(23)28(35)22-8-5-4-6-9-22/h4-13,16,18-20,28-30,33,37-38H,14-15,17H2,1-3H3,(H,34,39)/t20-,28?,29-,30-/m1/s1. The fourth-order valence-electron chi connectivity index (χ4n) is 5.47. The van der Waals surface area contributed by atoms with E-state index in [2.05, 4.69) is 10.7 Å². The first-order valence-corrected chi connectivity index (χ1v) is 13.9. The first-order chi connectivity index (χ1) is 20.3. The molecule has 0 bridgehead atoms. The fraction of sp³-hybridized carbons (Fsp3) is 0.312. The largest absolute Gasteiger partial charge is 0.493 e. The molecule has 4 N–H and O–H groups in total. The number of amides is 2. The van der Waals surface area contributed by atoms with Crippen molar-refractivity contribution in [3.63, 3.8) is 0 Å². The van der Waals surface area contributed by atoms with Gasteiger partial charge in [-0.3, -0.25) is 14.6 Å². The smallest absolute Gasteiger partial charge is 0.255 e. The Bertz CT molecular complexity index is 1450. The van der Waals surface area contributed by atoms with E-state index >= 15 is 0 Å². The number of methoxy groups -OCH3 is 2. The number of rotatable bonds is 9. The third-order valence-electron chi connectivity index (χ3n) is 7.76. The second-order valence-electron chi connectivity index (χ2n) is 10.3. The van der Waals surface area contributed by atoms with Crippen molar-refractivity contribution in [1.29, 1.82) is 0 Å². The Morgan fingerprint density at radius 1 is 0.976 bits per heavy atom. The van der Waals surface area contributed by atoms with Crippen LogP contribution in [-0.2, 0) is 16.0 Å². The summed E-state index contributed by atoms with van der Waals surface area (Å²) in [5, 5.41) is 26.4. The monoisotopic (exact) mass is 572 g/mol. The van der Waals surface area contributed by atoms with Crippen molar-refractivity contribution in [2.45, 2.75) is 37.6 Å². The third-order valence-corrected chi connectivity index (χ3v) is 7.76. The van der Waals surface area contributed by atoms with Gasteiger partial charge < -0.3 is 29.9 Å². The van der Waals surface area contributed by atoms with Crippen LogP contribution >= 0.6 is 0 Å². The molecule has 4 atom stereocenters. The topological polar surface area (TPSA) is 124 Å². The Morgan fingerprint density at radius 3 is 2.31 bits per heavy atom.